The number of benzene rings is 1. The molecule has 1 aromatic rings. The Morgan fingerprint density at radius 1 is 1.59 bits per heavy atom. The van der Waals surface area contributed by atoms with E-state index in [2.05, 4.69) is 15.9 Å². The van der Waals surface area contributed by atoms with E-state index in [9.17, 15) is 9.90 Å². The molecule has 1 heterocycles. The molecule has 5 heteroatoms. The van der Waals surface area contributed by atoms with E-state index in [-0.39, 0.29) is 6.04 Å². The monoisotopic (exact) mass is 299 g/mol. The van der Waals surface area contributed by atoms with Crippen molar-refractivity contribution in [1.82, 2.24) is 0 Å². The number of rotatable bonds is 3. The van der Waals surface area contributed by atoms with Crippen LogP contribution in [0.3, 0.4) is 0 Å². The van der Waals surface area contributed by atoms with Gasteiger partial charge in [-0.05, 0) is 24.6 Å². The summed E-state index contributed by atoms with van der Waals surface area (Å²) in [6, 6.07) is 5.45. The van der Waals surface area contributed by atoms with E-state index in [0.29, 0.717) is 12.2 Å². The number of carboxylic acid groups (broad SMARTS) is 1. The number of halogens is 1. The lowest BCUT2D eigenvalue weighted by molar-refractivity contribution is 0.0697. The number of hydrogen-bond acceptors (Lipinski definition) is 3. The third-order valence-electron chi connectivity index (χ3n) is 3.02. The fourth-order valence-electron chi connectivity index (χ4n) is 2.00. The highest BCUT2D eigenvalue weighted by atomic mass is 79.9. The van der Waals surface area contributed by atoms with Gasteiger partial charge in [0.2, 0.25) is 0 Å². The molecule has 4 nitrogen and oxygen atoms in total. The summed E-state index contributed by atoms with van der Waals surface area (Å²) < 4.78 is 6.21. The van der Waals surface area contributed by atoms with Crippen molar-refractivity contribution in [3.63, 3.8) is 0 Å². The maximum absolute atomic E-state index is 11.2. The first-order valence-electron chi connectivity index (χ1n) is 5.43. The number of ether oxygens (including phenoxy) is 1. The van der Waals surface area contributed by atoms with Crippen molar-refractivity contribution in [3.8, 4) is 0 Å². The van der Waals surface area contributed by atoms with Crippen LogP contribution in [0.15, 0.2) is 22.7 Å². The number of aromatic carboxylic acids is 1. The SMILES string of the molecule is CN(c1cc(Br)ccc1C(=O)O)C1CCOC1. The van der Waals surface area contributed by atoms with Crippen LogP contribution in [0.25, 0.3) is 0 Å². The molecule has 1 N–H and O–H groups in total. The van der Waals surface area contributed by atoms with Gasteiger partial charge in [0.1, 0.15) is 0 Å². The Morgan fingerprint density at radius 2 is 2.35 bits per heavy atom. The summed E-state index contributed by atoms with van der Waals surface area (Å²) in [4.78, 5) is 13.2. The van der Waals surface area contributed by atoms with E-state index < -0.39 is 5.97 Å². The van der Waals surface area contributed by atoms with E-state index in [1.165, 1.54) is 0 Å². The van der Waals surface area contributed by atoms with Crippen LogP contribution in [0, 0.1) is 0 Å². The summed E-state index contributed by atoms with van der Waals surface area (Å²) in [5.74, 6) is -0.904. The largest absolute Gasteiger partial charge is 0.478 e. The molecule has 0 spiro atoms. The lowest BCUT2D eigenvalue weighted by Gasteiger charge is -2.27. The number of anilines is 1. The Hall–Kier alpha value is -1.07. The quantitative estimate of drug-likeness (QED) is 0.931. The van der Waals surface area contributed by atoms with Gasteiger partial charge in [0.25, 0.3) is 0 Å². The molecule has 1 aromatic carbocycles. The first kappa shape index (κ1) is 12.4. The molecule has 1 fully saturated rings. The van der Waals surface area contributed by atoms with E-state index in [4.69, 9.17) is 4.74 Å². The van der Waals surface area contributed by atoms with Gasteiger partial charge in [-0.2, -0.15) is 0 Å². The fraction of sp³-hybridized carbons (Fsp3) is 0.417. The smallest absolute Gasteiger partial charge is 0.337 e. The molecule has 0 radical (unpaired) electrons. The van der Waals surface area contributed by atoms with Crippen LogP contribution in [0.2, 0.25) is 0 Å². The Balaban J connectivity index is 2.34. The van der Waals surface area contributed by atoms with Crippen LogP contribution >= 0.6 is 15.9 Å². The highest BCUT2D eigenvalue weighted by molar-refractivity contribution is 9.10. The number of carboxylic acids is 1. The van der Waals surface area contributed by atoms with Crippen LogP contribution in [0.1, 0.15) is 16.8 Å². The highest BCUT2D eigenvalue weighted by Gasteiger charge is 2.24. The molecule has 1 unspecified atom stereocenters. The normalized spacial score (nSPS) is 19.3. The van der Waals surface area contributed by atoms with Crippen LogP contribution in [0.5, 0.6) is 0 Å². The summed E-state index contributed by atoms with van der Waals surface area (Å²) in [6.07, 6.45) is 0.933. The van der Waals surface area contributed by atoms with Crippen LogP contribution in [-0.2, 0) is 4.74 Å². The molecule has 0 amide bonds. The Morgan fingerprint density at radius 3 is 2.94 bits per heavy atom. The maximum Gasteiger partial charge on any atom is 0.337 e. The minimum absolute atomic E-state index is 0.252. The van der Waals surface area contributed by atoms with Crippen molar-refractivity contribution >= 4 is 27.6 Å². The Bertz CT molecular complexity index is 430. The Kier molecular flexibility index (Phi) is 3.69. The molecule has 92 valence electrons. The lowest BCUT2D eigenvalue weighted by Crippen LogP contribution is -2.33. The van der Waals surface area contributed by atoms with Crippen molar-refractivity contribution < 1.29 is 14.6 Å². The van der Waals surface area contributed by atoms with Gasteiger partial charge in [-0.15, -0.1) is 0 Å². The van der Waals surface area contributed by atoms with E-state index in [1.807, 2.05) is 18.0 Å². The predicted octanol–water partition coefficient (Wildman–Crippen LogP) is 2.37. The zero-order chi connectivity index (χ0) is 12.4. The average molecular weight is 300 g/mol. The van der Waals surface area contributed by atoms with Crippen molar-refractivity contribution in [2.24, 2.45) is 0 Å². The summed E-state index contributed by atoms with van der Waals surface area (Å²) in [7, 11) is 1.91. The van der Waals surface area contributed by atoms with Crippen LogP contribution in [0.4, 0.5) is 5.69 Å². The van der Waals surface area contributed by atoms with Crippen molar-refractivity contribution in [2.45, 2.75) is 12.5 Å². The molecule has 1 aliphatic rings. The molecular weight excluding hydrogens is 286 g/mol. The molecule has 1 aliphatic heterocycles. The first-order valence-corrected chi connectivity index (χ1v) is 6.22. The lowest BCUT2D eigenvalue weighted by atomic mass is 10.1. The number of carbonyl (C=O) groups is 1. The number of nitrogens with zero attached hydrogens (tertiary/aromatic N) is 1. The van der Waals surface area contributed by atoms with E-state index >= 15 is 0 Å². The average Bonchev–Trinajstić information content (AvgIpc) is 2.80. The van der Waals surface area contributed by atoms with Gasteiger partial charge >= 0.3 is 5.97 Å². The van der Waals surface area contributed by atoms with Gasteiger partial charge in [0, 0.05) is 18.1 Å². The van der Waals surface area contributed by atoms with Crippen molar-refractivity contribution in [2.75, 3.05) is 25.2 Å². The van der Waals surface area contributed by atoms with Crippen LogP contribution in [-0.4, -0.2) is 37.4 Å². The molecule has 0 aromatic heterocycles. The fourth-order valence-corrected chi connectivity index (χ4v) is 2.35. The van der Waals surface area contributed by atoms with Crippen molar-refractivity contribution in [3.05, 3.63) is 28.2 Å². The third-order valence-corrected chi connectivity index (χ3v) is 3.52. The van der Waals surface area contributed by atoms with Crippen molar-refractivity contribution in [1.29, 1.82) is 0 Å². The zero-order valence-corrected chi connectivity index (χ0v) is 11.1. The minimum Gasteiger partial charge on any atom is -0.478 e. The maximum atomic E-state index is 11.2. The van der Waals surface area contributed by atoms with E-state index in [1.54, 1.807) is 12.1 Å². The molecule has 1 saturated heterocycles. The molecule has 0 aliphatic carbocycles. The standard InChI is InChI=1S/C12H14BrNO3/c1-14(9-4-5-17-7-9)11-6-8(13)2-3-10(11)12(15)16/h2-3,6,9H,4-5,7H2,1H3,(H,15,16). The van der Waals surface area contributed by atoms with Crippen LogP contribution < -0.4 is 4.90 Å². The van der Waals surface area contributed by atoms with Gasteiger partial charge in [0.05, 0.1) is 23.9 Å². The summed E-state index contributed by atoms with van der Waals surface area (Å²) in [5.41, 5.74) is 1.05. The highest BCUT2D eigenvalue weighted by Crippen LogP contribution is 2.27. The topological polar surface area (TPSA) is 49.8 Å². The second kappa shape index (κ2) is 5.06. The summed E-state index contributed by atoms with van der Waals surface area (Å²) in [5, 5.41) is 9.18. The summed E-state index contributed by atoms with van der Waals surface area (Å²) in [6.45, 7) is 1.40. The second-order valence-electron chi connectivity index (χ2n) is 4.09. The van der Waals surface area contributed by atoms with Gasteiger partial charge in [-0.1, -0.05) is 15.9 Å². The third kappa shape index (κ3) is 2.61. The summed E-state index contributed by atoms with van der Waals surface area (Å²) >= 11 is 3.37. The second-order valence-corrected chi connectivity index (χ2v) is 5.01. The molecular formula is C12H14BrNO3. The molecule has 2 rings (SSSR count). The Labute approximate surface area is 108 Å². The number of hydrogen-bond donors (Lipinski definition) is 1. The van der Waals surface area contributed by atoms with Gasteiger partial charge < -0.3 is 14.7 Å². The van der Waals surface area contributed by atoms with Gasteiger partial charge in [0.15, 0.2) is 0 Å². The molecule has 0 saturated carbocycles. The number of likely N-dealkylation sites (N-methyl/N-ethyl adjacent to an activating group) is 1. The minimum atomic E-state index is -0.904. The molecule has 1 atom stereocenters. The van der Waals surface area contributed by atoms with Gasteiger partial charge in [-0.25, -0.2) is 4.79 Å². The predicted molar refractivity (Wildman–Crippen MR) is 68.7 cm³/mol. The first-order chi connectivity index (χ1) is 8.09. The van der Waals surface area contributed by atoms with Gasteiger partial charge in [-0.3, -0.25) is 0 Å². The van der Waals surface area contributed by atoms with E-state index in [0.717, 1.165) is 23.2 Å². The zero-order valence-electron chi connectivity index (χ0n) is 9.52. The molecule has 17 heavy (non-hydrogen) atoms. The molecule has 0 bridgehead atoms.